The second-order valence-corrected chi connectivity index (χ2v) is 9.61. The minimum Gasteiger partial charge on any atom is -0.274 e. The molecule has 0 unspecified atom stereocenters. The molecule has 0 radical (unpaired) electrons. The summed E-state index contributed by atoms with van der Waals surface area (Å²) in [6.07, 6.45) is 4.26. The number of amides is 2. The first kappa shape index (κ1) is 18.7. The third kappa shape index (κ3) is 2.74. The highest BCUT2D eigenvalue weighted by molar-refractivity contribution is 7.14. The van der Waals surface area contributed by atoms with Crippen LogP contribution in [-0.4, -0.2) is 16.8 Å². The van der Waals surface area contributed by atoms with Crippen molar-refractivity contribution < 1.29 is 9.59 Å². The molecule has 5 heteroatoms. The molecular formula is C24H26N2O2S. The second kappa shape index (κ2) is 6.91. The molecule has 5 rings (SSSR count). The van der Waals surface area contributed by atoms with Gasteiger partial charge in [0, 0.05) is 10.9 Å². The molecule has 4 atom stereocenters. The highest BCUT2D eigenvalue weighted by Gasteiger charge is 2.64. The van der Waals surface area contributed by atoms with Gasteiger partial charge in [-0.05, 0) is 50.5 Å². The van der Waals surface area contributed by atoms with Crippen molar-refractivity contribution in [1.29, 1.82) is 0 Å². The van der Waals surface area contributed by atoms with E-state index >= 15 is 0 Å². The van der Waals surface area contributed by atoms with Crippen LogP contribution in [0.2, 0.25) is 0 Å². The van der Waals surface area contributed by atoms with Gasteiger partial charge in [-0.15, -0.1) is 11.3 Å². The number of nitrogens with zero attached hydrogens (tertiary/aromatic N) is 2. The average molecular weight is 407 g/mol. The van der Waals surface area contributed by atoms with Crippen molar-refractivity contribution in [3.05, 3.63) is 46.4 Å². The molecule has 4 nitrogen and oxygen atoms in total. The molecule has 2 heterocycles. The summed E-state index contributed by atoms with van der Waals surface area (Å²) in [6, 6.07) is 8.42. The quantitative estimate of drug-likeness (QED) is 0.515. The fourth-order valence-electron chi connectivity index (χ4n) is 5.81. The van der Waals surface area contributed by atoms with E-state index in [1.807, 2.05) is 5.38 Å². The Hall–Kier alpha value is -2.27. The molecule has 3 aliphatic rings. The van der Waals surface area contributed by atoms with Gasteiger partial charge < -0.3 is 0 Å². The maximum absolute atomic E-state index is 13.3. The van der Waals surface area contributed by atoms with Crippen LogP contribution in [0.15, 0.2) is 40.8 Å². The third-order valence-corrected chi connectivity index (χ3v) is 7.73. The second-order valence-electron chi connectivity index (χ2n) is 8.77. The molecule has 2 aromatic rings. The zero-order chi connectivity index (χ0) is 20.3. The predicted molar refractivity (Wildman–Crippen MR) is 116 cm³/mol. The first-order valence-electron chi connectivity index (χ1n) is 10.6. The normalized spacial score (nSPS) is 27.8. The Morgan fingerprint density at radius 3 is 2.24 bits per heavy atom. The summed E-state index contributed by atoms with van der Waals surface area (Å²) in [4.78, 5) is 32.6. The first-order valence-corrected chi connectivity index (χ1v) is 11.5. The fourth-order valence-corrected chi connectivity index (χ4v) is 6.65. The van der Waals surface area contributed by atoms with Crippen LogP contribution in [-0.2, 0) is 16.0 Å². The maximum atomic E-state index is 13.3. The van der Waals surface area contributed by atoms with Gasteiger partial charge in [0.05, 0.1) is 17.5 Å². The zero-order valence-corrected chi connectivity index (χ0v) is 18.0. The Labute approximate surface area is 175 Å². The predicted octanol–water partition coefficient (Wildman–Crippen LogP) is 5.24. The van der Waals surface area contributed by atoms with Crippen molar-refractivity contribution in [2.75, 3.05) is 4.90 Å². The van der Waals surface area contributed by atoms with E-state index in [-0.39, 0.29) is 35.5 Å². The summed E-state index contributed by atoms with van der Waals surface area (Å²) in [6.45, 7) is 6.41. The number of imide groups is 1. The van der Waals surface area contributed by atoms with Gasteiger partial charge in [0.25, 0.3) is 0 Å². The number of hydrogen-bond donors (Lipinski definition) is 0. The number of thiazole rings is 1. The number of aryl methyl sites for hydroxylation is 1. The van der Waals surface area contributed by atoms with Crippen LogP contribution in [0.3, 0.4) is 0 Å². The molecule has 2 amide bonds. The molecule has 3 fully saturated rings. The number of anilines is 1. The topological polar surface area (TPSA) is 50.3 Å². The molecule has 2 aliphatic carbocycles. The fraction of sp³-hybridized carbons (Fsp3) is 0.458. The molecule has 150 valence electrons. The monoisotopic (exact) mass is 406 g/mol. The summed E-state index contributed by atoms with van der Waals surface area (Å²) in [5.74, 6) is 0.0814. The number of hydrogen-bond acceptors (Lipinski definition) is 4. The Bertz CT molecular complexity index is 984. The van der Waals surface area contributed by atoms with Gasteiger partial charge in [-0.25, -0.2) is 9.88 Å². The number of rotatable bonds is 4. The van der Waals surface area contributed by atoms with E-state index in [0.717, 1.165) is 36.9 Å². The highest BCUT2D eigenvalue weighted by Crippen LogP contribution is 2.60. The molecule has 0 spiro atoms. The molecule has 2 saturated carbocycles. The van der Waals surface area contributed by atoms with Gasteiger partial charge in [-0.3, -0.25) is 9.59 Å². The molecular weight excluding hydrogens is 380 g/mol. The number of carbonyl (C=O) groups is 2. The van der Waals surface area contributed by atoms with Crippen molar-refractivity contribution in [1.82, 2.24) is 4.98 Å². The molecule has 1 aromatic carbocycles. The maximum Gasteiger partial charge on any atom is 0.240 e. The lowest BCUT2D eigenvalue weighted by atomic mass is 9.81. The summed E-state index contributed by atoms with van der Waals surface area (Å²) in [5.41, 5.74) is 5.85. The van der Waals surface area contributed by atoms with Gasteiger partial charge in [-0.1, -0.05) is 48.8 Å². The van der Waals surface area contributed by atoms with E-state index in [1.165, 1.54) is 32.9 Å². The SMILES string of the molecule is CCCc1ccc(-c2csc(N3C(=O)[C@@H]4[C@H](C3=O)[C@H]3CC[C@H]4C3=C(C)C)n2)cc1. The number of aromatic nitrogens is 1. The van der Waals surface area contributed by atoms with Crippen molar-refractivity contribution in [2.24, 2.45) is 23.7 Å². The van der Waals surface area contributed by atoms with E-state index in [4.69, 9.17) is 0 Å². The van der Waals surface area contributed by atoms with E-state index in [9.17, 15) is 9.59 Å². The lowest BCUT2D eigenvalue weighted by Gasteiger charge is -2.18. The minimum absolute atomic E-state index is 0.0369. The summed E-state index contributed by atoms with van der Waals surface area (Å²) in [7, 11) is 0. The van der Waals surface area contributed by atoms with Crippen molar-refractivity contribution in [3.8, 4) is 11.3 Å². The standard InChI is InChI=1S/C24H26N2O2S/c1-4-5-14-6-8-15(9-7-14)18-12-29-24(25-18)26-22(27)20-16-10-11-17(19(16)13(2)3)21(20)23(26)28/h6-9,12,16-17,20-21H,4-5,10-11H2,1-3H3/t16-,17-,20-,21+/m0/s1. The third-order valence-electron chi connectivity index (χ3n) is 6.90. The van der Waals surface area contributed by atoms with Gasteiger partial charge in [0.1, 0.15) is 0 Å². The Morgan fingerprint density at radius 1 is 1.07 bits per heavy atom. The Kier molecular flexibility index (Phi) is 4.46. The molecule has 1 saturated heterocycles. The van der Waals surface area contributed by atoms with Gasteiger partial charge in [0.15, 0.2) is 5.13 Å². The number of benzene rings is 1. The molecule has 2 bridgehead atoms. The van der Waals surface area contributed by atoms with Crippen LogP contribution >= 0.6 is 11.3 Å². The number of fused-ring (bicyclic) bond motifs is 5. The van der Waals surface area contributed by atoms with Crippen LogP contribution in [0, 0.1) is 23.7 Å². The van der Waals surface area contributed by atoms with Gasteiger partial charge >= 0.3 is 0 Å². The summed E-state index contributed by atoms with van der Waals surface area (Å²) in [5, 5.41) is 2.48. The lowest BCUT2D eigenvalue weighted by molar-refractivity contribution is -0.123. The molecule has 1 aromatic heterocycles. The van der Waals surface area contributed by atoms with Crippen LogP contribution in [0.25, 0.3) is 11.3 Å². The molecule has 1 aliphatic heterocycles. The van der Waals surface area contributed by atoms with E-state index in [1.54, 1.807) is 0 Å². The first-order chi connectivity index (χ1) is 14.0. The summed E-state index contributed by atoms with van der Waals surface area (Å²) >= 11 is 1.39. The largest absolute Gasteiger partial charge is 0.274 e. The van der Waals surface area contributed by atoms with Crippen LogP contribution < -0.4 is 4.90 Å². The van der Waals surface area contributed by atoms with E-state index in [2.05, 4.69) is 50.0 Å². The Morgan fingerprint density at radius 2 is 1.69 bits per heavy atom. The average Bonchev–Trinajstić information content (AvgIpc) is 3.45. The highest BCUT2D eigenvalue weighted by atomic mass is 32.1. The van der Waals surface area contributed by atoms with Crippen molar-refractivity contribution in [3.63, 3.8) is 0 Å². The zero-order valence-electron chi connectivity index (χ0n) is 17.1. The number of carbonyl (C=O) groups excluding carboxylic acids is 2. The minimum atomic E-state index is -0.174. The van der Waals surface area contributed by atoms with Crippen molar-refractivity contribution >= 4 is 28.3 Å². The van der Waals surface area contributed by atoms with E-state index in [0.29, 0.717) is 5.13 Å². The van der Waals surface area contributed by atoms with Crippen LogP contribution in [0.4, 0.5) is 5.13 Å². The lowest BCUT2D eigenvalue weighted by Crippen LogP contribution is -2.33. The van der Waals surface area contributed by atoms with Crippen molar-refractivity contribution in [2.45, 2.75) is 46.5 Å². The smallest absolute Gasteiger partial charge is 0.240 e. The molecule has 0 N–H and O–H groups in total. The van der Waals surface area contributed by atoms with Crippen LogP contribution in [0.5, 0.6) is 0 Å². The van der Waals surface area contributed by atoms with Gasteiger partial charge in [-0.2, -0.15) is 0 Å². The Balaban J connectivity index is 1.43. The number of allylic oxidation sites excluding steroid dienone is 2. The van der Waals surface area contributed by atoms with Crippen LogP contribution in [0.1, 0.15) is 45.6 Å². The van der Waals surface area contributed by atoms with Gasteiger partial charge in [0.2, 0.25) is 11.8 Å². The van der Waals surface area contributed by atoms with E-state index < -0.39 is 0 Å². The molecule has 29 heavy (non-hydrogen) atoms. The summed E-state index contributed by atoms with van der Waals surface area (Å²) < 4.78 is 0.